The lowest BCUT2D eigenvalue weighted by Crippen LogP contribution is -2.16. The monoisotopic (exact) mass is 168 g/mol. The van der Waals surface area contributed by atoms with E-state index in [0.717, 1.165) is 0 Å². The molecule has 0 fully saturated rings. The van der Waals surface area contributed by atoms with Crippen LogP contribution in [-0.2, 0) is 9.53 Å². The molecule has 66 valence electrons. The van der Waals surface area contributed by atoms with Crippen LogP contribution in [0.2, 0.25) is 0 Å². The summed E-state index contributed by atoms with van der Waals surface area (Å²) in [7, 11) is 0. The third-order valence-electron chi connectivity index (χ3n) is 1.67. The van der Waals surface area contributed by atoms with Crippen molar-refractivity contribution < 1.29 is 14.6 Å². The number of ether oxygens (including phenoxy) is 1. The summed E-state index contributed by atoms with van der Waals surface area (Å²) >= 11 is 0. The van der Waals surface area contributed by atoms with Crippen molar-refractivity contribution in [2.75, 3.05) is 6.61 Å². The van der Waals surface area contributed by atoms with E-state index in [1.807, 2.05) is 0 Å². The smallest absolute Gasteiger partial charge is 0.313 e. The summed E-state index contributed by atoms with van der Waals surface area (Å²) in [6, 6.07) is 0. The molecule has 0 aromatic rings. The molecule has 0 amide bonds. The molecular formula is C9H12O3. The fraction of sp³-hybridized carbons (Fsp3) is 0.444. The van der Waals surface area contributed by atoms with Crippen molar-refractivity contribution >= 4 is 5.97 Å². The summed E-state index contributed by atoms with van der Waals surface area (Å²) in [6.45, 7) is 2.18. The van der Waals surface area contributed by atoms with Gasteiger partial charge in [0, 0.05) is 0 Å². The van der Waals surface area contributed by atoms with Crippen LogP contribution in [0.25, 0.3) is 0 Å². The predicted molar refractivity (Wildman–Crippen MR) is 44.6 cm³/mol. The van der Waals surface area contributed by atoms with Gasteiger partial charge in [0.1, 0.15) is 5.76 Å². The lowest BCUT2D eigenvalue weighted by Gasteiger charge is -2.11. The van der Waals surface area contributed by atoms with Crippen molar-refractivity contribution in [2.24, 2.45) is 5.92 Å². The van der Waals surface area contributed by atoms with E-state index >= 15 is 0 Å². The number of carbonyl (C=O) groups excluding carboxylic acids is 1. The first-order chi connectivity index (χ1) is 5.74. The SMILES string of the molecule is CCOC(=O)C1C=CC(O)=CC1. The van der Waals surface area contributed by atoms with Crippen LogP contribution in [0.3, 0.4) is 0 Å². The highest BCUT2D eigenvalue weighted by molar-refractivity contribution is 5.75. The molecular weight excluding hydrogens is 156 g/mol. The first-order valence-electron chi connectivity index (χ1n) is 3.98. The van der Waals surface area contributed by atoms with Crippen molar-refractivity contribution in [1.29, 1.82) is 0 Å². The Balaban J connectivity index is 2.47. The molecule has 0 heterocycles. The highest BCUT2D eigenvalue weighted by atomic mass is 16.5. The maximum absolute atomic E-state index is 11.1. The van der Waals surface area contributed by atoms with E-state index in [1.165, 1.54) is 6.08 Å². The number of esters is 1. The minimum absolute atomic E-state index is 0.218. The lowest BCUT2D eigenvalue weighted by atomic mass is 10.0. The Kier molecular flexibility index (Phi) is 2.91. The number of allylic oxidation sites excluding steroid dienone is 2. The van der Waals surface area contributed by atoms with Gasteiger partial charge in [0.2, 0.25) is 0 Å². The second-order valence-corrected chi connectivity index (χ2v) is 2.58. The molecule has 1 rings (SSSR count). The molecule has 0 aliphatic heterocycles. The second kappa shape index (κ2) is 3.95. The van der Waals surface area contributed by atoms with Crippen LogP contribution in [0.5, 0.6) is 0 Å². The summed E-state index contributed by atoms with van der Waals surface area (Å²) in [4.78, 5) is 11.1. The summed E-state index contributed by atoms with van der Waals surface area (Å²) < 4.78 is 4.82. The molecule has 0 aromatic carbocycles. The Morgan fingerprint density at radius 3 is 3.08 bits per heavy atom. The molecule has 0 bridgehead atoms. The Hall–Kier alpha value is -1.25. The third-order valence-corrected chi connectivity index (χ3v) is 1.67. The van der Waals surface area contributed by atoms with E-state index in [1.54, 1.807) is 19.1 Å². The normalized spacial score (nSPS) is 21.8. The van der Waals surface area contributed by atoms with E-state index < -0.39 is 0 Å². The van der Waals surface area contributed by atoms with Crippen LogP contribution in [0, 0.1) is 5.92 Å². The van der Waals surface area contributed by atoms with Gasteiger partial charge in [0.15, 0.2) is 0 Å². The van der Waals surface area contributed by atoms with Crippen LogP contribution >= 0.6 is 0 Å². The van der Waals surface area contributed by atoms with Crippen LogP contribution in [-0.4, -0.2) is 17.7 Å². The van der Waals surface area contributed by atoms with Crippen molar-refractivity contribution in [1.82, 2.24) is 0 Å². The zero-order valence-corrected chi connectivity index (χ0v) is 6.99. The number of hydrogen-bond acceptors (Lipinski definition) is 3. The van der Waals surface area contributed by atoms with E-state index in [4.69, 9.17) is 9.84 Å². The standard InChI is InChI=1S/C9H12O3/c1-2-12-9(11)7-3-5-8(10)6-4-7/h3,5-7,10H,2,4H2,1H3. The van der Waals surface area contributed by atoms with Gasteiger partial charge in [-0.2, -0.15) is 0 Å². The molecule has 1 aliphatic rings. The molecule has 0 aromatic heterocycles. The van der Waals surface area contributed by atoms with E-state index in [9.17, 15) is 4.79 Å². The van der Waals surface area contributed by atoms with E-state index in [-0.39, 0.29) is 17.6 Å². The molecule has 1 N–H and O–H groups in total. The van der Waals surface area contributed by atoms with E-state index in [0.29, 0.717) is 13.0 Å². The largest absolute Gasteiger partial charge is 0.508 e. The number of rotatable bonds is 2. The molecule has 1 atom stereocenters. The van der Waals surface area contributed by atoms with Gasteiger partial charge in [-0.25, -0.2) is 0 Å². The van der Waals surface area contributed by atoms with Gasteiger partial charge >= 0.3 is 5.97 Å². The Morgan fingerprint density at radius 2 is 2.58 bits per heavy atom. The number of carbonyl (C=O) groups is 1. The third kappa shape index (κ3) is 2.12. The maximum atomic E-state index is 11.1. The molecule has 3 heteroatoms. The summed E-state index contributed by atoms with van der Waals surface area (Å²) in [5.41, 5.74) is 0. The number of aliphatic hydroxyl groups excluding tert-OH is 1. The van der Waals surface area contributed by atoms with Crippen LogP contribution < -0.4 is 0 Å². The minimum atomic E-state index is -0.225. The van der Waals surface area contributed by atoms with Gasteiger partial charge in [-0.15, -0.1) is 0 Å². The second-order valence-electron chi connectivity index (χ2n) is 2.58. The fourth-order valence-corrected chi connectivity index (χ4v) is 1.03. The van der Waals surface area contributed by atoms with Gasteiger partial charge in [0.25, 0.3) is 0 Å². The highest BCUT2D eigenvalue weighted by Crippen LogP contribution is 2.15. The van der Waals surface area contributed by atoms with Crippen LogP contribution in [0.1, 0.15) is 13.3 Å². The number of aliphatic hydroxyl groups is 1. The fourth-order valence-electron chi connectivity index (χ4n) is 1.03. The molecule has 1 aliphatic carbocycles. The first kappa shape index (κ1) is 8.84. The van der Waals surface area contributed by atoms with Gasteiger partial charge in [-0.3, -0.25) is 4.79 Å². The predicted octanol–water partition coefficient (Wildman–Crippen LogP) is 1.57. The molecule has 0 spiro atoms. The first-order valence-corrected chi connectivity index (χ1v) is 3.98. The zero-order valence-electron chi connectivity index (χ0n) is 6.99. The van der Waals surface area contributed by atoms with E-state index in [2.05, 4.69) is 0 Å². The average Bonchev–Trinajstić information content (AvgIpc) is 2.06. The minimum Gasteiger partial charge on any atom is -0.508 e. The van der Waals surface area contributed by atoms with Crippen LogP contribution in [0.15, 0.2) is 24.0 Å². The Morgan fingerprint density at radius 1 is 1.83 bits per heavy atom. The van der Waals surface area contributed by atoms with Gasteiger partial charge in [-0.05, 0) is 25.5 Å². The summed E-state index contributed by atoms with van der Waals surface area (Å²) in [6.07, 6.45) is 5.32. The maximum Gasteiger partial charge on any atom is 0.313 e. The number of hydrogen-bond donors (Lipinski definition) is 1. The van der Waals surface area contributed by atoms with Gasteiger partial charge in [-0.1, -0.05) is 6.08 Å². The molecule has 0 radical (unpaired) electrons. The zero-order chi connectivity index (χ0) is 8.97. The van der Waals surface area contributed by atoms with Crippen LogP contribution in [0.4, 0.5) is 0 Å². The Labute approximate surface area is 71.3 Å². The lowest BCUT2D eigenvalue weighted by molar-refractivity contribution is -0.146. The molecule has 12 heavy (non-hydrogen) atoms. The molecule has 1 unspecified atom stereocenters. The molecule has 0 saturated heterocycles. The molecule has 3 nitrogen and oxygen atoms in total. The molecule has 0 saturated carbocycles. The quantitative estimate of drug-likeness (QED) is 0.636. The topological polar surface area (TPSA) is 46.5 Å². The average molecular weight is 168 g/mol. The van der Waals surface area contributed by atoms with Crippen molar-refractivity contribution in [3.05, 3.63) is 24.0 Å². The van der Waals surface area contributed by atoms with Crippen molar-refractivity contribution in [2.45, 2.75) is 13.3 Å². The summed E-state index contributed by atoms with van der Waals surface area (Å²) in [5.74, 6) is -0.228. The van der Waals surface area contributed by atoms with Gasteiger partial charge < -0.3 is 9.84 Å². The summed E-state index contributed by atoms with van der Waals surface area (Å²) in [5, 5.41) is 8.96. The van der Waals surface area contributed by atoms with Crippen molar-refractivity contribution in [3.8, 4) is 0 Å². The van der Waals surface area contributed by atoms with Gasteiger partial charge in [0.05, 0.1) is 12.5 Å². The highest BCUT2D eigenvalue weighted by Gasteiger charge is 2.17. The Bertz CT molecular complexity index is 228. The van der Waals surface area contributed by atoms with Crippen molar-refractivity contribution in [3.63, 3.8) is 0 Å².